The molecule has 0 radical (unpaired) electrons. The van der Waals surface area contributed by atoms with Crippen molar-refractivity contribution in [3.8, 4) is 0 Å². The molecule has 0 unspecified atom stereocenters. The summed E-state index contributed by atoms with van der Waals surface area (Å²) in [5.74, 6) is 0. The number of nitrogens with two attached hydrogens (primary N) is 5. The van der Waals surface area contributed by atoms with Crippen LogP contribution in [0.1, 0.15) is 12.0 Å². The van der Waals surface area contributed by atoms with Crippen molar-refractivity contribution < 1.29 is 0 Å². The van der Waals surface area contributed by atoms with Gasteiger partial charge >= 0.3 is 0 Å². The van der Waals surface area contributed by atoms with E-state index in [2.05, 4.69) is 0 Å². The lowest BCUT2D eigenvalue weighted by atomic mass is 10.0. The third-order valence-electron chi connectivity index (χ3n) is 2.43. The average molecular weight is 191 g/mol. The molecule has 14 heavy (non-hydrogen) atoms. The highest BCUT2D eigenvalue weighted by molar-refractivity contribution is 6.04. The van der Waals surface area contributed by atoms with E-state index >= 15 is 0 Å². The normalized spacial score (nSPS) is 13.9. The molecule has 0 aliphatic heterocycles. The minimum Gasteiger partial charge on any atom is -0.396 e. The van der Waals surface area contributed by atoms with Crippen molar-refractivity contribution in [1.29, 1.82) is 0 Å². The molecule has 1 aromatic carbocycles. The van der Waals surface area contributed by atoms with Crippen LogP contribution in [0.3, 0.4) is 0 Å². The third kappa shape index (κ3) is 0.953. The second-order valence-corrected chi connectivity index (χ2v) is 3.38. The maximum atomic E-state index is 5.81. The van der Waals surface area contributed by atoms with Gasteiger partial charge in [-0.15, -0.1) is 0 Å². The lowest BCUT2D eigenvalue weighted by Crippen LogP contribution is -2.09. The Morgan fingerprint density at radius 3 is 1.43 bits per heavy atom. The highest BCUT2D eigenvalue weighted by atomic mass is 14.8. The van der Waals surface area contributed by atoms with Crippen LogP contribution in [0, 0.1) is 0 Å². The Morgan fingerprint density at radius 2 is 1.07 bits per heavy atom. The topological polar surface area (TPSA) is 130 Å². The van der Waals surface area contributed by atoms with Crippen molar-refractivity contribution in [3.63, 3.8) is 0 Å². The van der Waals surface area contributed by atoms with E-state index in [9.17, 15) is 0 Å². The fourth-order valence-electron chi connectivity index (χ4n) is 1.45. The molecule has 0 bridgehead atoms. The number of hydrogen-bond donors (Lipinski definition) is 5. The molecule has 5 heteroatoms. The van der Waals surface area contributed by atoms with Gasteiger partial charge < -0.3 is 28.7 Å². The van der Waals surface area contributed by atoms with Crippen molar-refractivity contribution in [1.82, 2.24) is 0 Å². The lowest BCUT2D eigenvalue weighted by Gasteiger charge is -2.14. The summed E-state index contributed by atoms with van der Waals surface area (Å²) in [6.45, 7) is 0. The summed E-state index contributed by atoms with van der Waals surface area (Å²) in [5.41, 5.74) is 32.3. The first-order valence-electron chi connectivity index (χ1n) is 4.24. The van der Waals surface area contributed by atoms with E-state index in [1.165, 1.54) is 0 Å². The van der Waals surface area contributed by atoms with Gasteiger partial charge in [0.1, 0.15) is 0 Å². The molecule has 10 N–H and O–H groups in total. The summed E-state index contributed by atoms with van der Waals surface area (Å²) in [6.07, 6.45) is 2.90. The molecule has 0 saturated heterocycles. The van der Waals surface area contributed by atoms with Crippen molar-refractivity contribution in [2.75, 3.05) is 28.7 Å². The third-order valence-corrected chi connectivity index (χ3v) is 2.43. The SMILES string of the molecule is Nc1c(N)c(N)c(C2=CC2)c(N)c1N. The van der Waals surface area contributed by atoms with Gasteiger partial charge in [0.15, 0.2) is 0 Å². The summed E-state index contributed by atoms with van der Waals surface area (Å²) in [7, 11) is 0. The quantitative estimate of drug-likeness (QED) is 0.410. The van der Waals surface area contributed by atoms with E-state index in [0.717, 1.165) is 17.6 Å². The maximum absolute atomic E-state index is 5.81. The number of allylic oxidation sites excluding steroid dienone is 2. The van der Waals surface area contributed by atoms with E-state index in [1.54, 1.807) is 0 Å². The Kier molecular flexibility index (Phi) is 1.51. The van der Waals surface area contributed by atoms with Crippen LogP contribution in [0.2, 0.25) is 0 Å². The largest absolute Gasteiger partial charge is 0.396 e. The Morgan fingerprint density at radius 1 is 0.714 bits per heavy atom. The zero-order valence-corrected chi connectivity index (χ0v) is 7.67. The first-order chi connectivity index (χ1) is 6.54. The lowest BCUT2D eigenvalue weighted by molar-refractivity contribution is 1.56. The van der Waals surface area contributed by atoms with Crippen LogP contribution in [-0.2, 0) is 0 Å². The summed E-state index contributed by atoms with van der Waals surface area (Å²) in [5, 5.41) is 0. The van der Waals surface area contributed by atoms with Gasteiger partial charge in [-0.2, -0.15) is 0 Å². The van der Waals surface area contributed by atoms with Crippen LogP contribution in [-0.4, -0.2) is 0 Å². The van der Waals surface area contributed by atoms with E-state index < -0.39 is 0 Å². The van der Waals surface area contributed by atoms with Gasteiger partial charge in [-0.05, 0) is 12.0 Å². The van der Waals surface area contributed by atoms with Crippen molar-refractivity contribution in [2.45, 2.75) is 6.42 Å². The van der Waals surface area contributed by atoms with Gasteiger partial charge in [0, 0.05) is 5.56 Å². The Balaban J connectivity index is 2.76. The van der Waals surface area contributed by atoms with E-state index in [0.29, 0.717) is 22.7 Å². The molecule has 2 rings (SSSR count). The van der Waals surface area contributed by atoms with Gasteiger partial charge in [-0.3, -0.25) is 0 Å². The molecule has 74 valence electrons. The number of benzene rings is 1. The van der Waals surface area contributed by atoms with Gasteiger partial charge in [0.25, 0.3) is 0 Å². The van der Waals surface area contributed by atoms with Crippen LogP contribution in [0.25, 0.3) is 5.57 Å². The van der Waals surface area contributed by atoms with Gasteiger partial charge in [-0.25, -0.2) is 0 Å². The number of rotatable bonds is 1. The number of anilines is 5. The summed E-state index contributed by atoms with van der Waals surface area (Å²) < 4.78 is 0. The summed E-state index contributed by atoms with van der Waals surface area (Å²) in [6, 6.07) is 0. The molecule has 0 heterocycles. The molecule has 1 aliphatic carbocycles. The molecule has 5 nitrogen and oxygen atoms in total. The average Bonchev–Trinajstić information content (AvgIpc) is 2.96. The van der Waals surface area contributed by atoms with E-state index in [1.807, 2.05) is 6.08 Å². The zero-order chi connectivity index (χ0) is 10.5. The molecule has 0 aromatic heterocycles. The monoisotopic (exact) mass is 191 g/mol. The Bertz CT molecular complexity index is 418. The van der Waals surface area contributed by atoms with Crippen molar-refractivity contribution >= 4 is 34.0 Å². The fourth-order valence-corrected chi connectivity index (χ4v) is 1.45. The maximum Gasteiger partial charge on any atom is 0.0824 e. The molecular weight excluding hydrogens is 178 g/mol. The first kappa shape index (κ1) is 8.55. The highest BCUT2D eigenvalue weighted by Gasteiger charge is 2.22. The van der Waals surface area contributed by atoms with Crippen molar-refractivity contribution in [2.24, 2.45) is 0 Å². The second-order valence-electron chi connectivity index (χ2n) is 3.38. The van der Waals surface area contributed by atoms with Gasteiger partial charge in [0.2, 0.25) is 0 Å². The molecule has 0 amide bonds. The number of hydrogen-bond acceptors (Lipinski definition) is 5. The predicted octanol–water partition coefficient (Wildman–Crippen LogP) is 0.385. The molecule has 0 spiro atoms. The molecule has 0 atom stereocenters. The predicted molar refractivity (Wildman–Crippen MR) is 61.1 cm³/mol. The molecule has 1 aromatic rings. The van der Waals surface area contributed by atoms with Gasteiger partial charge in [0.05, 0.1) is 28.4 Å². The summed E-state index contributed by atoms with van der Waals surface area (Å²) in [4.78, 5) is 0. The minimum atomic E-state index is 0.269. The van der Waals surface area contributed by atoms with Crippen LogP contribution >= 0.6 is 0 Å². The summed E-state index contributed by atoms with van der Waals surface area (Å²) >= 11 is 0. The molecule has 0 fully saturated rings. The fraction of sp³-hybridized carbons (Fsp3) is 0.111. The highest BCUT2D eigenvalue weighted by Crippen LogP contribution is 2.46. The van der Waals surface area contributed by atoms with Crippen LogP contribution in [0.4, 0.5) is 28.4 Å². The zero-order valence-electron chi connectivity index (χ0n) is 7.67. The Hall–Kier alpha value is -2.04. The number of nitrogen functional groups attached to an aromatic ring is 5. The second kappa shape index (κ2) is 2.47. The molecule has 0 saturated carbocycles. The van der Waals surface area contributed by atoms with Crippen molar-refractivity contribution in [3.05, 3.63) is 11.6 Å². The van der Waals surface area contributed by atoms with E-state index in [4.69, 9.17) is 28.7 Å². The Labute approximate surface area is 81.5 Å². The van der Waals surface area contributed by atoms with Crippen LogP contribution < -0.4 is 28.7 Å². The molecular formula is C9H13N5. The van der Waals surface area contributed by atoms with Crippen LogP contribution in [0.5, 0.6) is 0 Å². The standard InChI is InChI=1S/C9H13N5/c10-5-4(3-1-2-3)6(11)8(13)9(14)7(5)12/h1H,2,10-14H2. The van der Waals surface area contributed by atoms with Crippen LogP contribution in [0.15, 0.2) is 6.08 Å². The molecule has 1 aliphatic rings. The smallest absolute Gasteiger partial charge is 0.0824 e. The van der Waals surface area contributed by atoms with Gasteiger partial charge in [-0.1, -0.05) is 6.08 Å². The van der Waals surface area contributed by atoms with E-state index in [-0.39, 0.29) is 5.69 Å². The minimum absolute atomic E-state index is 0.269. The first-order valence-corrected chi connectivity index (χ1v) is 4.24.